The molecule has 3 heterocycles. The third-order valence-electron chi connectivity index (χ3n) is 6.21. The summed E-state index contributed by atoms with van der Waals surface area (Å²) in [6.45, 7) is 2.79. The zero-order valence-electron chi connectivity index (χ0n) is 19.0. The van der Waals surface area contributed by atoms with Crippen LogP contribution in [0.25, 0.3) is 0 Å². The van der Waals surface area contributed by atoms with Gasteiger partial charge in [-0.15, -0.1) is 0 Å². The average molecular weight is 474 g/mol. The van der Waals surface area contributed by atoms with Crippen molar-refractivity contribution in [3.63, 3.8) is 0 Å². The zero-order chi connectivity index (χ0) is 23.9. The molecule has 2 aromatic rings. The second-order valence-corrected chi connectivity index (χ2v) is 8.87. The van der Waals surface area contributed by atoms with Gasteiger partial charge in [-0.25, -0.2) is 8.78 Å². The summed E-state index contributed by atoms with van der Waals surface area (Å²) in [5.41, 5.74) is 1.17. The highest BCUT2D eigenvalue weighted by atomic mass is 19.1. The van der Waals surface area contributed by atoms with E-state index >= 15 is 0 Å². The highest BCUT2D eigenvalue weighted by Crippen LogP contribution is 2.20. The van der Waals surface area contributed by atoms with Crippen LogP contribution >= 0.6 is 0 Å². The maximum atomic E-state index is 13.6. The average Bonchev–Trinajstić information content (AvgIpc) is 2.97. The van der Waals surface area contributed by atoms with Gasteiger partial charge in [0.05, 0.1) is 25.7 Å². The van der Waals surface area contributed by atoms with E-state index < -0.39 is 17.7 Å². The third-order valence-corrected chi connectivity index (χ3v) is 6.21. The molecule has 1 aromatic heterocycles. The summed E-state index contributed by atoms with van der Waals surface area (Å²) in [6.07, 6.45) is 4.55. The summed E-state index contributed by atoms with van der Waals surface area (Å²) < 4.78 is 38.7. The Morgan fingerprint density at radius 2 is 1.76 bits per heavy atom. The Balaban J connectivity index is 1.47. The van der Waals surface area contributed by atoms with Crippen LogP contribution in [0.15, 0.2) is 42.7 Å². The number of ether oxygens (including phenoxy) is 2. The summed E-state index contributed by atoms with van der Waals surface area (Å²) in [6, 6.07) is 6.73. The lowest BCUT2D eigenvalue weighted by atomic mass is 9.99. The summed E-state index contributed by atoms with van der Waals surface area (Å²) in [5.74, 6) is -1.66. The first kappa shape index (κ1) is 24.2. The van der Waals surface area contributed by atoms with E-state index in [0.717, 1.165) is 36.6 Å². The van der Waals surface area contributed by atoms with E-state index in [1.807, 2.05) is 12.1 Å². The fourth-order valence-electron chi connectivity index (χ4n) is 4.38. The Kier molecular flexibility index (Phi) is 8.18. The molecule has 182 valence electrons. The fourth-order valence-corrected chi connectivity index (χ4v) is 4.38. The molecule has 0 N–H and O–H groups in total. The standard InChI is InChI=1S/C25H29F2N3O4/c26-21-9-20(10-22(27)12-21)11-24(31)30-15-23(34-17-19-1-5-28-6-2-19)14-29(25(32)16-30)13-18-3-7-33-8-4-18/h1-2,5-6,9-10,12,18,23H,3-4,7-8,11,13-17H2. The number of carbonyl (C=O) groups is 2. The first-order chi connectivity index (χ1) is 16.5. The van der Waals surface area contributed by atoms with Crippen molar-refractivity contribution >= 4 is 11.8 Å². The fraction of sp³-hybridized carbons (Fsp3) is 0.480. The van der Waals surface area contributed by atoms with Crippen LogP contribution in [0.5, 0.6) is 0 Å². The van der Waals surface area contributed by atoms with E-state index in [1.165, 1.54) is 4.90 Å². The van der Waals surface area contributed by atoms with Gasteiger partial charge in [0.25, 0.3) is 0 Å². The van der Waals surface area contributed by atoms with Crippen molar-refractivity contribution in [1.29, 1.82) is 0 Å². The van der Waals surface area contributed by atoms with E-state index in [9.17, 15) is 18.4 Å². The molecular weight excluding hydrogens is 444 g/mol. The van der Waals surface area contributed by atoms with Crippen LogP contribution in [0, 0.1) is 17.6 Å². The molecule has 2 aliphatic heterocycles. The number of amides is 2. The maximum absolute atomic E-state index is 13.6. The van der Waals surface area contributed by atoms with Gasteiger partial charge in [0, 0.05) is 51.3 Å². The first-order valence-electron chi connectivity index (χ1n) is 11.5. The van der Waals surface area contributed by atoms with Crippen molar-refractivity contribution in [3.05, 3.63) is 65.5 Å². The SMILES string of the molecule is O=C(Cc1cc(F)cc(F)c1)N1CC(=O)N(CC2CCOCC2)CC(OCc2ccncc2)C1. The van der Waals surface area contributed by atoms with Gasteiger partial charge in [0.1, 0.15) is 11.6 Å². The predicted octanol–water partition coefficient (Wildman–Crippen LogP) is 2.59. The number of pyridine rings is 1. The Labute approximate surface area is 197 Å². The Morgan fingerprint density at radius 3 is 2.47 bits per heavy atom. The van der Waals surface area contributed by atoms with E-state index in [2.05, 4.69) is 4.98 Å². The highest BCUT2D eigenvalue weighted by Gasteiger charge is 2.32. The number of aromatic nitrogens is 1. The molecule has 0 aliphatic carbocycles. The molecule has 7 nitrogen and oxygen atoms in total. The van der Waals surface area contributed by atoms with Crippen molar-refractivity contribution in [1.82, 2.24) is 14.8 Å². The predicted molar refractivity (Wildman–Crippen MR) is 120 cm³/mol. The molecule has 4 rings (SSSR count). The molecule has 1 unspecified atom stereocenters. The summed E-state index contributed by atoms with van der Waals surface area (Å²) in [5, 5.41) is 0. The van der Waals surface area contributed by atoms with Crippen LogP contribution in [0.4, 0.5) is 8.78 Å². The van der Waals surface area contributed by atoms with Gasteiger partial charge in [-0.05, 0) is 54.2 Å². The molecule has 1 atom stereocenters. The normalized spacial score (nSPS) is 19.8. The van der Waals surface area contributed by atoms with E-state index in [1.54, 1.807) is 17.3 Å². The summed E-state index contributed by atoms with van der Waals surface area (Å²) in [7, 11) is 0. The second-order valence-electron chi connectivity index (χ2n) is 8.87. The minimum Gasteiger partial charge on any atom is -0.381 e. The van der Waals surface area contributed by atoms with Gasteiger partial charge in [0.15, 0.2) is 0 Å². The molecule has 2 fully saturated rings. The van der Waals surface area contributed by atoms with Crippen LogP contribution in [-0.2, 0) is 32.1 Å². The van der Waals surface area contributed by atoms with Crippen molar-refractivity contribution in [2.75, 3.05) is 39.4 Å². The molecule has 0 spiro atoms. The van der Waals surface area contributed by atoms with Gasteiger partial charge < -0.3 is 19.3 Å². The van der Waals surface area contributed by atoms with Crippen molar-refractivity contribution in [2.45, 2.75) is 32.0 Å². The number of rotatable bonds is 7. The van der Waals surface area contributed by atoms with Gasteiger partial charge in [-0.3, -0.25) is 14.6 Å². The maximum Gasteiger partial charge on any atom is 0.242 e. The lowest BCUT2D eigenvalue weighted by molar-refractivity contribution is -0.138. The number of hydrogen-bond acceptors (Lipinski definition) is 5. The molecule has 2 aliphatic rings. The zero-order valence-corrected chi connectivity index (χ0v) is 19.0. The van der Waals surface area contributed by atoms with Gasteiger partial charge in [-0.2, -0.15) is 0 Å². The van der Waals surface area contributed by atoms with E-state index in [0.29, 0.717) is 38.8 Å². The van der Waals surface area contributed by atoms with Crippen molar-refractivity contribution in [3.8, 4) is 0 Å². The summed E-state index contributed by atoms with van der Waals surface area (Å²) >= 11 is 0. The van der Waals surface area contributed by atoms with E-state index in [-0.39, 0.29) is 36.9 Å². The van der Waals surface area contributed by atoms with E-state index in [4.69, 9.17) is 9.47 Å². The topological polar surface area (TPSA) is 72.0 Å². The molecule has 0 saturated carbocycles. The number of nitrogens with zero attached hydrogens (tertiary/aromatic N) is 3. The molecule has 34 heavy (non-hydrogen) atoms. The van der Waals surface area contributed by atoms with Crippen LogP contribution < -0.4 is 0 Å². The van der Waals surface area contributed by atoms with Crippen LogP contribution in [0.1, 0.15) is 24.0 Å². The molecule has 1 aromatic carbocycles. The first-order valence-corrected chi connectivity index (χ1v) is 11.5. The molecular formula is C25H29F2N3O4. The van der Waals surface area contributed by atoms with Crippen LogP contribution in [-0.4, -0.2) is 72.1 Å². The van der Waals surface area contributed by atoms with Crippen molar-refractivity contribution in [2.24, 2.45) is 5.92 Å². The van der Waals surface area contributed by atoms with Gasteiger partial charge in [0.2, 0.25) is 11.8 Å². The van der Waals surface area contributed by atoms with Crippen LogP contribution in [0.3, 0.4) is 0 Å². The lowest BCUT2D eigenvalue weighted by Crippen LogP contribution is -2.42. The van der Waals surface area contributed by atoms with Crippen molar-refractivity contribution < 1.29 is 27.8 Å². The highest BCUT2D eigenvalue weighted by molar-refractivity contribution is 5.86. The Bertz CT molecular complexity index is 965. The summed E-state index contributed by atoms with van der Waals surface area (Å²) in [4.78, 5) is 33.4. The number of carbonyl (C=O) groups excluding carboxylic acids is 2. The minimum atomic E-state index is -0.740. The smallest absolute Gasteiger partial charge is 0.242 e. The molecule has 9 heteroatoms. The Hall–Kier alpha value is -2.91. The molecule has 2 saturated heterocycles. The number of hydrogen-bond donors (Lipinski definition) is 0. The van der Waals surface area contributed by atoms with Gasteiger partial charge in [-0.1, -0.05) is 0 Å². The minimum absolute atomic E-state index is 0.0883. The third kappa shape index (κ3) is 6.80. The monoisotopic (exact) mass is 473 g/mol. The quantitative estimate of drug-likeness (QED) is 0.618. The number of benzene rings is 1. The largest absolute Gasteiger partial charge is 0.381 e. The molecule has 0 bridgehead atoms. The molecule has 2 amide bonds. The van der Waals surface area contributed by atoms with Crippen LogP contribution in [0.2, 0.25) is 0 Å². The van der Waals surface area contributed by atoms with Gasteiger partial charge >= 0.3 is 0 Å². The Morgan fingerprint density at radius 1 is 1.06 bits per heavy atom. The number of halogens is 2. The second kappa shape index (κ2) is 11.5. The molecule has 0 radical (unpaired) electrons. The lowest BCUT2D eigenvalue weighted by Gasteiger charge is -2.30.